The Labute approximate surface area is 139 Å². The van der Waals surface area contributed by atoms with Crippen LogP contribution in [0.5, 0.6) is 11.5 Å². The fourth-order valence-corrected chi connectivity index (χ4v) is 2.09. The molecule has 0 aromatic heterocycles. The molecule has 0 bridgehead atoms. The van der Waals surface area contributed by atoms with Gasteiger partial charge in [0.25, 0.3) is 0 Å². The van der Waals surface area contributed by atoms with E-state index in [4.69, 9.17) is 21.1 Å². The number of hydrogen-bond donors (Lipinski definition) is 2. The summed E-state index contributed by atoms with van der Waals surface area (Å²) in [4.78, 5) is 11.9. The van der Waals surface area contributed by atoms with E-state index in [9.17, 15) is 4.79 Å². The molecule has 0 atom stereocenters. The molecule has 6 heteroatoms. The lowest BCUT2D eigenvalue weighted by atomic mass is 10.2. The number of carbonyl (C=O) groups excluding carboxylic acids is 1. The fraction of sp³-hybridized carbons (Fsp3) is 0.118. The first-order valence-electron chi connectivity index (χ1n) is 6.84. The van der Waals surface area contributed by atoms with Gasteiger partial charge in [-0.3, -0.25) is 0 Å². The first-order chi connectivity index (χ1) is 11.1. The monoisotopic (exact) mass is 332 g/mol. The zero-order chi connectivity index (χ0) is 16.7. The standard InChI is InChI=1S/C17H17ClN2O3/c1-22-14-6-7-16(23-2)15(11-14)20-17(21)19-9-8-12-4-3-5-13(18)10-12/h3-11H,1-2H3,(H2,19,20,21)/b9-8+. The van der Waals surface area contributed by atoms with Crippen molar-refractivity contribution < 1.29 is 14.3 Å². The molecular weight excluding hydrogens is 316 g/mol. The molecule has 0 heterocycles. The molecule has 0 spiro atoms. The van der Waals surface area contributed by atoms with E-state index in [1.807, 2.05) is 12.1 Å². The van der Waals surface area contributed by atoms with Crippen LogP contribution < -0.4 is 20.1 Å². The van der Waals surface area contributed by atoms with Gasteiger partial charge >= 0.3 is 6.03 Å². The van der Waals surface area contributed by atoms with Gasteiger partial charge in [-0.25, -0.2) is 4.79 Å². The minimum Gasteiger partial charge on any atom is -0.497 e. The Morgan fingerprint density at radius 2 is 1.96 bits per heavy atom. The van der Waals surface area contributed by atoms with Crippen molar-refractivity contribution in [2.45, 2.75) is 0 Å². The SMILES string of the molecule is COc1ccc(OC)c(NC(=O)N/C=C/c2cccc(Cl)c2)c1. The lowest BCUT2D eigenvalue weighted by Gasteiger charge is -2.11. The van der Waals surface area contributed by atoms with Crippen molar-refractivity contribution in [2.24, 2.45) is 0 Å². The zero-order valence-electron chi connectivity index (χ0n) is 12.8. The highest BCUT2D eigenvalue weighted by atomic mass is 35.5. The average molecular weight is 333 g/mol. The molecule has 0 fully saturated rings. The van der Waals surface area contributed by atoms with Crippen LogP contribution in [0.4, 0.5) is 10.5 Å². The number of carbonyl (C=O) groups is 1. The van der Waals surface area contributed by atoms with Gasteiger partial charge in [-0.2, -0.15) is 0 Å². The summed E-state index contributed by atoms with van der Waals surface area (Å²) in [5.41, 5.74) is 1.40. The quantitative estimate of drug-likeness (QED) is 0.864. The van der Waals surface area contributed by atoms with Gasteiger partial charge in [0.2, 0.25) is 0 Å². The molecule has 0 saturated carbocycles. The van der Waals surface area contributed by atoms with Crippen molar-refractivity contribution in [3.8, 4) is 11.5 Å². The van der Waals surface area contributed by atoms with Gasteiger partial charge in [-0.15, -0.1) is 0 Å². The van der Waals surface area contributed by atoms with Crippen LogP contribution in [0.3, 0.4) is 0 Å². The van der Waals surface area contributed by atoms with Gasteiger partial charge in [0.1, 0.15) is 11.5 Å². The predicted octanol–water partition coefficient (Wildman–Crippen LogP) is 4.15. The largest absolute Gasteiger partial charge is 0.497 e. The average Bonchev–Trinajstić information content (AvgIpc) is 2.55. The Morgan fingerprint density at radius 3 is 2.65 bits per heavy atom. The van der Waals surface area contributed by atoms with Gasteiger partial charge in [0.15, 0.2) is 0 Å². The van der Waals surface area contributed by atoms with Crippen molar-refractivity contribution in [1.82, 2.24) is 5.32 Å². The summed E-state index contributed by atoms with van der Waals surface area (Å²) in [5.74, 6) is 1.16. The van der Waals surface area contributed by atoms with Crippen LogP contribution in [0.1, 0.15) is 5.56 Å². The molecule has 0 radical (unpaired) electrons. The number of benzene rings is 2. The summed E-state index contributed by atoms with van der Waals surface area (Å²) in [6.45, 7) is 0. The maximum Gasteiger partial charge on any atom is 0.323 e. The normalized spacial score (nSPS) is 10.4. The second-order valence-corrected chi connectivity index (χ2v) is 4.99. The van der Waals surface area contributed by atoms with Crippen LogP contribution in [-0.2, 0) is 0 Å². The second-order valence-electron chi connectivity index (χ2n) is 4.55. The summed E-state index contributed by atoms with van der Waals surface area (Å²) in [7, 11) is 3.09. The lowest BCUT2D eigenvalue weighted by molar-refractivity contribution is 0.255. The highest BCUT2D eigenvalue weighted by molar-refractivity contribution is 6.30. The van der Waals surface area contributed by atoms with E-state index in [0.29, 0.717) is 22.2 Å². The molecular formula is C17H17ClN2O3. The molecule has 0 aliphatic heterocycles. The molecule has 0 saturated heterocycles. The molecule has 2 aromatic carbocycles. The topological polar surface area (TPSA) is 59.6 Å². The molecule has 120 valence electrons. The third kappa shape index (κ3) is 4.93. The van der Waals surface area contributed by atoms with Crippen LogP contribution in [-0.4, -0.2) is 20.3 Å². The van der Waals surface area contributed by atoms with E-state index in [2.05, 4.69) is 10.6 Å². The first kappa shape index (κ1) is 16.7. The summed E-state index contributed by atoms with van der Waals surface area (Å²) in [6, 6.07) is 12.1. The minimum absolute atomic E-state index is 0.394. The highest BCUT2D eigenvalue weighted by Gasteiger charge is 2.07. The van der Waals surface area contributed by atoms with Crippen molar-refractivity contribution in [1.29, 1.82) is 0 Å². The highest BCUT2D eigenvalue weighted by Crippen LogP contribution is 2.28. The number of amides is 2. The van der Waals surface area contributed by atoms with Crippen LogP contribution in [0, 0.1) is 0 Å². The Kier molecular flexibility index (Phi) is 5.88. The number of methoxy groups -OCH3 is 2. The third-order valence-electron chi connectivity index (χ3n) is 2.99. The Balaban J connectivity index is 1.99. The summed E-state index contributed by atoms with van der Waals surface area (Å²) in [6.07, 6.45) is 3.28. The molecule has 2 aromatic rings. The van der Waals surface area contributed by atoms with Gasteiger partial charge in [-0.1, -0.05) is 23.7 Å². The lowest BCUT2D eigenvalue weighted by Crippen LogP contribution is -2.24. The molecule has 2 amide bonds. The van der Waals surface area contributed by atoms with Gasteiger partial charge in [-0.05, 0) is 35.9 Å². The van der Waals surface area contributed by atoms with Crippen LogP contribution in [0.25, 0.3) is 6.08 Å². The van der Waals surface area contributed by atoms with E-state index in [-0.39, 0.29) is 0 Å². The Morgan fingerprint density at radius 1 is 1.13 bits per heavy atom. The van der Waals surface area contributed by atoms with Crippen molar-refractivity contribution in [2.75, 3.05) is 19.5 Å². The van der Waals surface area contributed by atoms with E-state index < -0.39 is 6.03 Å². The molecule has 5 nitrogen and oxygen atoms in total. The summed E-state index contributed by atoms with van der Waals surface area (Å²) < 4.78 is 10.3. The number of ether oxygens (including phenoxy) is 2. The van der Waals surface area contributed by atoms with E-state index >= 15 is 0 Å². The maximum atomic E-state index is 11.9. The number of hydrogen-bond acceptors (Lipinski definition) is 3. The molecule has 2 rings (SSSR count). The summed E-state index contributed by atoms with van der Waals surface area (Å²) >= 11 is 5.90. The molecule has 23 heavy (non-hydrogen) atoms. The smallest absolute Gasteiger partial charge is 0.323 e. The molecule has 2 N–H and O–H groups in total. The van der Waals surface area contributed by atoms with Gasteiger partial charge in [0, 0.05) is 17.3 Å². The van der Waals surface area contributed by atoms with Crippen LogP contribution in [0.2, 0.25) is 5.02 Å². The minimum atomic E-state index is -0.394. The van der Waals surface area contributed by atoms with E-state index in [0.717, 1.165) is 5.56 Å². The summed E-state index contributed by atoms with van der Waals surface area (Å²) in [5, 5.41) is 5.96. The number of halogens is 1. The van der Waals surface area contributed by atoms with Crippen molar-refractivity contribution >= 4 is 29.4 Å². The second kappa shape index (κ2) is 8.10. The predicted molar refractivity (Wildman–Crippen MR) is 92.2 cm³/mol. The van der Waals surface area contributed by atoms with E-state index in [1.54, 1.807) is 43.5 Å². The first-order valence-corrected chi connectivity index (χ1v) is 7.22. The van der Waals surface area contributed by atoms with Crippen molar-refractivity contribution in [3.05, 3.63) is 59.3 Å². The molecule has 0 aliphatic carbocycles. The maximum absolute atomic E-state index is 11.9. The van der Waals surface area contributed by atoms with Crippen LogP contribution >= 0.6 is 11.6 Å². The van der Waals surface area contributed by atoms with Gasteiger partial charge < -0.3 is 20.1 Å². The van der Waals surface area contributed by atoms with Crippen molar-refractivity contribution in [3.63, 3.8) is 0 Å². The molecule has 0 aliphatic rings. The molecule has 0 unspecified atom stereocenters. The number of urea groups is 1. The Bertz CT molecular complexity index is 717. The number of anilines is 1. The Hall–Kier alpha value is -2.66. The van der Waals surface area contributed by atoms with Crippen LogP contribution in [0.15, 0.2) is 48.7 Å². The number of rotatable bonds is 5. The zero-order valence-corrected chi connectivity index (χ0v) is 13.6. The third-order valence-corrected chi connectivity index (χ3v) is 3.23. The number of nitrogens with one attached hydrogen (secondary N) is 2. The fourth-order valence-electron chi connectivity index (χ4n) is 1.89. The van der Waals surface area contributed by atoms with E-state index in [1.165, 1.54) is 13.3 Å². The van der Waals surface area contributed by atoms with Gasteiger partial charge in [0.05, 0.1) is 19.9 Å².